The second kappa shape index (κ2) is 4.36. The fraction of sp³-hybridized carbons (Fsp3) is 0.385. The minimum absolute atomic E-state index is 0.622. The molecule has 1 aliphatic carbocycles. The van der Waals surface area contributed by atoms with Crippen molar-refractivity contribution in [1.29, 1.82) is 5.26 Å². The fourth-order valence-electron chi connectivity index (χ4n) is 2.36. The average Bonchev–Trinajstić information content (AvgIpc) is 2.81. The Morgan fingerprint density at radius 2 is 1.88 bits per heavy atom. The first-order chi connectivity index (χ1) is 7.82. The molecule has 82 valence electrons. The second-order valence-electron chi connectivity index (χ2n) is 4.16. The summed E-state index contributed by atoms with van der Waals surface area (Å²) in [5.41, 5.74) is 0.185. The van der Waals surface area contributed by atoms with Crippen LogP contribution in [0.3, 0.4) is 0 Å². The van der Waals surface area contributed by atoms with Gasteiger partial charge in [0.15, 0.2) is 0 Å². The third-order valence-electron chi connectivity index (χ3n) is 3.24. The highest BCUT2D eigenvalue weighted by atomic mass is 16.1. The van der Waals surface area contributed by atoms with Gasteiger partial charge in [-0.3, -0.25) is 9.69 Å². The van der Waals surface area contributed by atoms with Crippen molar-refractivity contribution in [2.24, 2.45) is 0 Å². The van der Waals surface area contributed by atoms with Crippen LogP contribution < -0.4 is 4.90 Å². The molecule has 2 rings (SSSR count). The van der Waals surface area contributed by atoms with E-state index in [1.807, 2.05) is 30.3 Å². The van der Waals surface area contributed by atoms with Gasteiger partial charge in [-0.25, -0.2) is 0 Å². The molecule has 0 N–H and O–H groups in total. The van der Waals surface area contributed by atoms with E-state index in [0.29, 0.717) is 0 Å². The molecule has 1 amide bonds. The molecule has 1 fully saturated rings. The summed E-state index contributed by atoms with van der Waals surface area (Å²) in [5, 5.41) is 9.33. The van der Waals surface area contributed by atoms with Crippen molar-refractivity contribution in [2.45, 2.75) is 31.2 Å². The third-order valence-corrected chi connectivity index (χ3v) is 3.24. The van der Waals surface area contributed by atoms with E-state index in [0.717, 1.165) is 37.8 Å². The Kier molecular flexibility index (Phi) is 2.91. The van der Waals surface area contributed by atoms with Crippen molar-refractivity contribution in [3.05, 3.63) is 30.3 Å². The molecule has 0 spiro atoms. The molecular formula is C13H14N2O. The Labute approximate surface area is 95.3 Å². The van der Waals surface area contributed by atoms with E-state index < -0.39 is 5.54 Å². The highest BCUT2D eigenvalue weighted by Crippen LogP contribution is 2.36. The van der Waals surface area contributed by atoms with Gasteiger partial charge in [0.05, 0.1) is 6.07 Å². The predicted octanol–water partition coefficient (Wildman–Crippen LogP) is 2.49. The summed E-state index contributed by atoms with van der Waals surface area (Å²) in [6, 6.07) is 11.7. The molecule has 0 saturated heterocycles. The second-order valence-corrected chi connectivity index (χ2v) is 4.16. The first-order valence-electron chi connectivity index (χ1n) is 5.53. The molecule has 0 heterocycles. The molecule has 3 heteroatoms. The van der Waals surface area contributed by atoms with Crippen LogP contribution in [0.2, 0.25) is 0 Å². The number of nitrogens with zero attached hydrogens (tertiary/aromatic N) is 2. The molecule has 1 aliphatic rings. The maximum atomic E-state index is 11.2. The molecule has 1 aromatic carbocycles. The van der Waals surface area contributed by atoms with Gasteiger partial charge < -0.3 is 0 Å². The van der Waals surface area contributed by atoms with Crippen molar-refractivity contribution in [3.8, 4) is 6.07 Å². The summed E-state index contributed by atoms with van der Waals surface area (Å²) in [5.74, 6) is 0. The molecule has 1 aromatic rings. The van der Waals surface area contributed by atoms with E-state index >= 15 is 0 Å². The van der Waals surface area contributed by atoms with Crippen LogP contribution in [0.25, 0.3) is 0 Å². The van der Waals surface area contributed by atoms with E-state index in [2.05, 4.69) is 6.07 Å². The van der Waals surface area contributed by atoms with Gasteiger partial charge in [0.2, 0.25) is 6.41 Å². The summed E-state index contributed by atoms with van der Waals surface area (Å²) in [6.07, 6.45) is 4.37. The first-order valence-corrected chi connectivity index (χ1v) is 5.53. The minimum atomic E-state index is -0.622. The molecule has 0 unspecified atom stereocenters. The number of nitriles is 1. The average molecular weight is 214 g/mol. The highest BCUT2D eigenvalue weighted by Gasteiger charge is 2.40. The van der Waals surface area contributed by atoms with Crippen LogP contribution in [0.4, 0.5) is 5.69 Å². The monoisotopic (exact) mass is 214 g/mol. The molecule has 0 atom stereocenters. The Bertz CT molecular complexity index is 402. The highest BCUT2D eigenvalue weighted by molar-refractivity contribution is 5.78. The fourth-order valence-corrected chi connectivity index (χ4v) is 2.36. The lowest BCUT2D eigenvalue weighted by Crippen LogP contribution is -2.45. The summed E-state index contributed by atoms with van der Waals surface area (Å²) in [4.78, 5) is 12.8. The van der Waals surface area contributed by atoms with Crippen LogP contribution in [0.5, 0.6) is 0 Å². The summed E-state index contributed by atoms with van der Waals surface area (Å²) in [6.45, 7) is 0. The van der Waals surface area contributed by atoms with Crippen molar-refractivity contribution < 1.29 is 4.79 Å². The standard InChI is InChI=1S/C13H14N2O/c14-10-13(8-4-5-9-13)15(11-16)12-6-2-1-3-7-12/h1-3,6-7,11H,4-5,8-9H2. The van der Waals surface area contributed by atoms with Gasteiger partial charge in [0, 0.05) is 5.69 Å². The largest absolute Gasteiger partial charge is 0.296 e. The number of amides is 1. The van der Waals surface area contributed by atoms with Crippen LogP contribution >= 0.6 is 0 Å². The van der Waals surface area contributed by atoms with Crippen LogP contribution in [0.15, 0.2) is 30.3 Å². The van der Waals surface area contributed by atoms with Crippen LogP contribution in [-0.4, -0.2) is 11.9 Å². The zero-order valence-corrected chi connectivity index (χ0v) is 9.10. The van der Waals surface area contributed by atoms with E-state index in [-0.39, 0.29) is 0 Å². The maximum absolute atomic E-state index is 11.2. The quantitative estimate of drug-likeness (QED) is 0.725. The Balaban J connectivity index is 2.36. The Morgan fingerprint density at radius 3 is 2.38 bits per heavy atom. The zero-order valence-electron chi connectivity index (χ0n) is 9.10. The minimum Gasteiger partial charge on any atom is -0.296 e. The van der Waals surface area contributed by atoms with Gasteiger partial charge >= 0.3 is 0 Å². The van der Waals surface area contributed by atoms with E-state index in [1.54, 1.807) is 4.90 Å². The summed E-state index contributed by atoms with van der Waals surface area (Å²) >= 11 is 0. The van der Waals surface area contributed by atoms with E-state index in [9.17, 15) is 10.1 Å². The number of rotatable bonds is 3. The number of benzene rings is 1. The normalized spacial score (nSPS) is 17.7. The molecule has 0 bridgehead atoms. The van der Waals surface area contributed by atoms with Gasteiger partial charge in [-0.1, -0.05) is 18.2 Å². The third kappa shape index (κ3) is 1.67. The molecular weight excluding hydrogens is 200 g/mol. The maximum Gasteiger partial charge on any atom is 0.215 e. The van der Waals surface area contributed by atoms with E-state index in [4.69, 9.17) is 0 Å². The topological polar surface area (TPSA) is 44.1 Å². The zero-order chi connectivity index (χ0) is 11.4. The van der Waals surface area contributed by atoms with Gasteiger partial charge in [-0.15, -0.1) is 0 Å². The number of carbonyl (C=O) groups is 1. The van der Waals surface area contributed by atoms with Gasteiger partial charge in [0.25, 0.3) is 0 Å². The molecule has 1 saturated carbocycles. The van der Waals surface area contributed by atoms with Crippen molar-refractivity contribution >= 4 is 12.1 Å². The smallest absolute Gasteiger partial charge is 0.215 e. The number of hydrogen-bond acceptors (Lipinski definition) is 2. The van der Waals surface area contributed by atoms with Gasteiger partial charge in [-0.2, -0.15) is 5.26 Å². The molecule has 0 aromatic heterocycles. The molecule has 0 aliphatic heterocycles. The van der Waals surface area contributed by atoms with Gasteiger partial charge in [-0.05, 0) is 37.8 Å². The van der Waals surface area contributed by atoms with Crippen molar-refractivity contribution in [1.82, 2.24) is 0 Å². The molecule has 16 heavy (non-hydrogen) atoms. The van der Waals surface area contributed by atoms with Crippen LogP contribution in [-0.2, 0) is 4.79 Å². The molecule has 0 radical (unpaired) electrons. The number of hydrogen-bond donors (Lipinski definition) is 0. The van der Waals surface area contributed by atoms with Crippen molar-refractivity contribution in [3.63, 3.8) is 0 Å². The summed E-state index contributed by atoms with van der Waals surface area (Å²) < 4.78 is 0. The first kappa shape index (κ1) is 10.7. The Morgan fingerprint density at radius 1 is 1.25 bits per heavy atom. The SMILES string of the molecule is N#CC1(N(C=O)c2ccccc2)CCCC1. The van der Waals surface area contributed by atoms with E-state index in [1.165, 1.54) is 0 Å². The van der Waals surface area contributed by atoms with Crippen LogP contribution in [0, 0.1) is 11.3 Å². The lowest BCUT2D eigenvalue weighted by atomic mass is 9.97. The van der Waals surface area contributed by atoms with Gasteiger partial charge in [0.1, 0.15) is 5.54 Å². The number of anilines is 1. The Hall–Kier alpha value is -1.82. The number of para-hydroxylation sites is 1. The number of carbonyl (C=O) groups excluding carboxylic acids is 1. The lowest BCUT2D eigenvalue weighted by Gasteiger charge is -2.32. The summed E-state index contributed by atoms with van der Waals surface area (Å²) in [7, 11) is 0. The van der Waals surface area contributed by atoms with Crippen molar-refractivity contribution in [2.75, 3.05) is 4.90 Å². The van der Waals surface area contributed by atoms with Crippen LogP contribution in [0.1, 0.15) is 25.7 Å². The lowest BCUT2D eigenvalue weighted by molar-refractivity contribution is -0.108. The predicted molar refractivity (Wildman–Crippen MR) is 61.8 cm³/mol. The molecule has 3 nitrogen and oxygen atoms in total.